The van der Waals surface area contributed by atoms with Gasteiger partial charge in [0.15, 0.2) is 23.3 Å². The van der Waals surface area contributed by atoms with E-state index in [1.807, 2.05) is 20.8 Å². The van der Waals surface area contributed by atoms with Gasteiger partial charge in [-0.25, -0.2) is 27.5 Å². The van der Waals surface area contributed by atoms with Gasteiger partial charge < -0.3 is 9.47 Å². The quantitative estimate of drug-likeness (QED) is 0.196. The summed E-state index contributed by atoms with van der Waals surface area (Å²) in [6.07, 6.45) is 3.01. The lowest BCUT2D eigenvalue weighted by Gasteiger charge is -2.29. The van der Waals surface area contributed by atoms with E-state index in [1.165, 1.54) is 24.5 Å². The van der Waals surface area contributed by atoms with Gasteiger partial charge in [-0.1, -0.05) is 59.7 Å². The summed E-state index contributed by atoms with van der Waals surface area (Å²) in [6.45, 7) is 9.42. The normalized spacial score (nSPS) is 12.8. The highest BCUT2D eigenvalue weighted by molar-refractivity contribution is 5.79. The fourth-order valence-corrected chi connectivity index (χ4v) is 3.74. The fourth-order valence-electron chi connectivity index (χ4n) is 3.74. The van der Waals surface area contributed by atoms with Gasteiger partial charge in [-0.05, 0) is 17.5 Å². The number of esters is 1. The van der Waals surface area contributed by atoms with E-state index in [2.05, 4.69) is 9.97 Å². The van der Waals surface area contributed by atoms with Crippen LogP contribution in [0.3, 0.4) is 0 Å². The zero-order chi connectivity index (χ0) is 27.5. The molecule has 0 aliphatic heterocycles. The number of carbonyl (C=O) groups excluding carboxylic acids is 1. The Kier molecular flexibility index (Phi) is 8.25. The molecule has 0 aliphatic carbocycles. The number of hydrogen-bond donors (Lipinski definition) is 0. The highest BCUT2D eigenvalue weighted by atomic mass is 19.2. The van der Waals surface area contributed by atoms with Crippen LogP contribution in [0, 0.1) is 28.7 Å². The van der Waals surface area contributed by atoms with Crippen molar-refractivity contribution in [1.29, 1.82) is 0 Å². The van der Waals surface area contributed by atoms with Crippen molar-refractivity contribution in [2.75, 3.05) is 0 Å². The number of rotatable bonds is 7. The molecular weight excluding hydrogens is 488 g/mol. The molecule has 0 N–H and O–H groups in total. The molecule has 0 aliphatic rings. The maximum Gasteiger partial charge on any atom is 0.314 e. The van der Waals surface area contributed by atoms with Crippen molar-refractivity contribution in [3.8, 4) is 5.75 Å². The van der Waals surface area contributed by atoms with Gasteiger partial charge in [0.1, 0.15) is 24.8 Å². The van der Waals surface area contributed by atoms with E-state index in [-0.39, 0.29) is 11.2 Å². The second-order valence-corrected chi connectivity index (χ2v) is 10.8. The topological polar surface area (TPSA) is 61.3 Å². The fraction of sp³-hybridized carbons (Fsp3) is 0.393. The van der Waals surface area contributed by atoms with Crippen LogP contribution in [0.25, 0.3) is 0 Å². The van der Waals surface area contributed by atoms with E-state index in [1.54, 1.807) is 39.0 Å². The van der Waals surface area contributed by atoms with Crippen molar-refractivity contribution < 1.29 is 31.8 Å². The zero-order valence-corrected chi connectivity index (χ0v) is 21.7. The van der Waals surface area contributed by atoms with Crippen LogP contribution in [0.15, 0.2) is 42.7 Å². The van der Waals surface area contributed by atoms with Crippen molar-refractivity contribution in [1.82, 2.24) is 9.97 Å². The summed E-state index contributed by atoms with van der Waals surface area (Å²) < 4.78 is 69.2. The van der Waals surface area contributed by atoms with Crippen molar-refractivity contribution in [2.24, 2.45) is 5.41 Å². The Labute approximate surface area is 213 Å². The number of ether oxygens (including phenoxy) is 2. The lowest BCUT2D eigenvalue weighted by molar-refractivity contribution is -0.149. The number of halogens is 4. The number of nitrogens with zero attached hydrogens (tertiary/aromatic N) is 2. The summed E-state index contributed by atoms with van der Waals surface area (Å²) in [7, 11) is 0. The van der Waals surface area contributed by atoms with Gasteiger partial charge in [0.25, 0.3) is 0 Å². The lowest BCUT2D eigenvalue weighted by Crippen LogP contribution is -2.29. The predicted molar refractivity (Wildman–Crippen MR) is 130 cm³/mol. The van der Waals surface area contributed by atoms with E-state index < -0.39 is 64.9 Å². The molecule has 0 bridgehead atoms. The zero-order valence-electron chi connectivity index (χ0n) is 21.7. The average molecular weight is 519 g/mol. The molecule has 3 aromatic rings. The highest BCUT2D eigenvalue weighted by Gasteiger charge is 2.36. The number of benzene rings is 2. The van der Waals surface area contributed by atoms with Crippen LogP contribution < -0.4 is 4.74 Å². The molecule has 0 saturated carbocycles. The van der Waals surface area contributed by atoms with Crippen molar-refractivity contribution in [2.45, 2.75) is 66.1 Å². The third-order valence-electron chi connectivity index (χ3n) is 5.71. The van der Waals surface area contributed by atoms with Gasteiger partial charge in [-0.15, -0.1) is 0 Å². The largest absolute Gasteiger partial charge is 0.489 e. The van der Waals surface area contributed by atoms with Gasteiger partial charge in [-0.2, -0.15) is 0 Å². The van der Waals surface area contributed by atoms with E-state index in [9.17, 15) is 22.4 Å². The van der Waals surface area contributed by atoms with Crippen LogP contribution in [0.1, 0.15) is 70.0 Å². The number of carbonyl (C=O) groups is 1. The number of aromatic nitrogens is 2. The maximum absolute atomic E-state index is 14.7. The highest BCUT2D eigenvalue weighted by Crippen LogP contribution is 2.36. The van der Waals surface area contributed by atoms with Crippen LogP contribution >= 0.6 is 0 Å². The molecule has 37 heavy (non-hydrogen) atoms. The van der Waals surface area contributed by atoms with Crippen LogP contribution in [0.2, 0.25) is 0 Å². The molecule has 1 unspecified atom stereocenters. The summed E-state index contributed by atoms with van der Waals surface area (Å²) in [5.41, 5.74) is -2.48. The van der Waals surface area contributed by atoms with Crippen LogP contribution in [0.5, 0.6) is 5.75 Å². The van der Waals surface area contributed by atoms with Crippen molar-refractivity contribution >= 4 is 5.97 Å². The van der Waals surface area contributed by atoms with Crippen molar-refractivity contribution in [3.05, 3.63) is 88.5 Å². The predicted octanol–water partition coefficient (Wildman–Crippen LogP) is 6.78. The van der Waals surface area contributed by atoms with Gasteiger partial charge in [-0.3, -0.25) is 4.79 Å². The first-order chi connectivity index (χ1) is 17.2. The molecule has 198 valence electrons. The Bertz CT molecular complexity index is 1220. The lowest BCUT2D eigenvalue weighted by atomic mass is 9.77. The standard InChI is InChI=1S/C28H30F4N2O3/c1-27(2,3)20(16-12-33-26(34-13-16)28(4,5)6)25(35)37-15-19-23(31)21(29)18(22(30)24(19)32)14-36-17-10-8-7-9-11-17/h7-13,20H,14-15H2,1-6H3. The minimum atomic E-state index is -1.65. The average Bonchev–Trinajstić information content (AvgIpc) is 2.82. The Morgan fingerprint density at radius 1 is 0.811 bits per heavy atom. The summed E-state index contributed by atoms with van der Waals surface area (Å²) in [4.78, 5) is 21.7. The second-order valence-electron chi connectivity index (χ2n) is 10.8. The first kappa shape index (κ1) is 28.1. The molecular formula is C28H30F4N2O3. The minimum absolute atomic E-state index is 0.271. The van der Waals surface area contributed by atoms with E-state index in [0.717, 1.165) is 0 Å². The van der Waals surface area contributed by atoms with Gasteiger partial charge in [0.2, 0.25) is 0 Å². The minimum Gasteiger partial charge on any atom is -0.489 e. The van der Waals surface area contributed by atoms with Gasteiger partial charge in [0.05, 0.1) is 17.0 Å². The smallest absolute Gasteiger partial charge is 0.314 e. The molecule has 0 fully saturated rings. The molecule has 9 heteroatoms. The molecule has 5 nitrogen and oxygen atoms in total. The molecule has 1 atom stereocenters. The van der Waals surface area contributed by atoms with Gasteiger partial charge in [0, 0.05) is 23.4 Å². The number of hydrogen-bond acceptors (Lipinski definition) is 5. The molecule has 0 amide bonds. The summed E-state index contributed by atoms with van der Waals surface area (Å²) in [5, 5.41) is 0. The van der Waals surface area contributed by atoms with Gasteiger partial charge >= 0.3 is 5.97 Å². The van der Waals surface area contributed by atoms with Crippen LogP contribution in [0.4, 0.5) is 17.6 Å². The van der Waals surface area contributed by atoms with Crippen LogP contribution in [-0.4, -0.2) is 15.9 Å². The summed E-state index contributed by atoms with van der Waals surface area (Å²) in [5.74, 6) is -7.42. The summed E-state index contributed by atoms with van der Waals surface area (Å²) in [6, 6.07) is 8.04. The molecule has 0 radical (unpaired) electrons. The summed E-state index contributed by atoms with van der Waals surface area (Å²) >= 11 is 0. The SMILES string of the molecule is CC(C)(C)c1ncc(C(C(=O)OCc2c(F)c(F)c(COc3ccccc3)c(F)c2F)C(C)(C)C)cn1. The molecule has 1 heterocycles. The molecule has 2 aromatic carbocycles. The van der Waals surface area contributed by atoms with E-state index in [4.69, 9.17) is 9.47 Å². The Balaban J connectivity index is 1.82. The monoisotopic (exact) mass is 518 g/mol. The third kappa shape index (κ3) is 6.45. The molecule has 0 spiro atoms. The Morgan fingerprint density at radius 3 is 1.76 bits per heavy atom. The Morgan fingerprint density at radius 2 is 1.30 bits per heavy atom. The third-order valence-corrected chi connectivity index (χ3v) is 5.71. The molecule has 0 saturated heterocycles. The number of para-hydroxylation sites is 1. The molecule has 1 aromatic heterocycles. The van der Waals surface area contributed by atoms with Crippen molar-refractivity contribution in [3.63, 3.8) is 0 Å². The first-order valence-electron chi connectivity index (χ1n) is 11.7. The first-order valence-corrected chi connectivity index (χ1v) is 11.7. The Hall–Kier alpha value is -3.49. The van der Waals surface area contributed by atoms with Crippen LogP contribution in [-0.2, 0) is 28.2 Å². The maximum atomic E-state index is 14.7. The second kappa shape index (κ2) is 10.9. The van der Waals surface area contributed by atoms with E-state index in [0.29, 0.717) is 11.4 Å². The molecule has 3 rings (SSSR count). The van der Waals surface area contributed by atoms with E-state index >= 15 is 0 Å².